The number of rotatable bonds is 7. The Kier molecular flexibility index (Phi) is 8.66. The maximum atomic E-state index is 13.5. The molecule has 1 radical (unpaired) electrons. The van der Waals surface area contributed by atoms with Gasteiger partial charge in [0.25, 0.3) is 0 Å². The maximum Gasteiger partial charge on any atom is 0.416 e. The van der Waals surface area contributed by atoms with Crippen molar-refractivity contribution in [2.24, 2.45) is 0 Å². The molecule has 1 unspecified atom stereocenters. The van der Waals surface area contributed by atoms with E-state index in [0.717, 1.165) is 63.1 Å². The van der Waals surface area contributed by atoms with Crippen LogP contribution in [0.15, 0.2) is 66.7 Å². The molecule has 1 atom stereocenters. The lowest BCUT2D eigenvalue weighted by Crippen LogP contribution is -2.47. The maximum absolute atomic E-state index is 13.5. The molecule has 3 nitrogen and oxygen atoms in total. The Bertz CT molecular complexity index is 1300. The highest BCUT2D eigenvalue weighted by Gasteiger charge is 2.37. The lowest BCUT2D eigenvalue weighted by molar-refractivity contribution is -0.143. The number of hydrogen-bond acceptors (Lipinski definition) is 3. The summed E-state index contributed by atoms with van der Waals surface area (Å²) in [6.07, 6.45) is -5.15. The van der Waals surface area contributed by atoms with Crippen LogP contribution in [-0.4, -0.2) is 42.6 Å². The highest BCUT2D eigenvalue weighted by Crippen LogP contribution is 2.39. The Morgan fingerprint density at radius 2 is 1.44 bits per heavy atom. The lowest BCUT2D eigenvalue weighted by Gasteiger charge is -2.43. The molecule has 0 aliphatic carbocycles. The topological polar surface area (TPSA) is 15.7 Å². The highest BCUT2D eigenvalue weighted by atomic mass is 19.4. The van der Waals surface area contributed by atoms with Gasteiger partial charge in [-0.05, 0) is 73.1 Å². The number of ether oxygens (including phenoxy) is 1. The monoisotopic (exact) mass is 575 g/mol. The summed E-state index contributed by atoms with van der Waals surface area (Å²) in [6, 6.07) is 17.8. The average Bonchev–Trinajstić information content (AvgIpc) is 2.96. The van der Waals surface area contributed by atoms with E-state index in [1.54, 1.807) is 7.11 Å². The SMILES string of the molecule is COc1ccccc1C([CH]Cc1cc(C(F)(F)F)cc(C(F)(F)F)c1)N1CCC(N2CCc3ccccc3C2)CC1. The first-order chi connectivity index (χ1) is 19.5. The van der Waals surface area contributed by atoms with E-state index in [0.29, 0.717) is 11.8 Å². The van der Waals surface area contributed by atoms with Gasteiger partial charge in [0.1, 0.15) is 5.75 Å². The molecule has 5 rings (SSSR count). The summed E-state index contributed by atoms with van der Waals surface area (Å²) in [7, 11) is 1.55. The first kappa shape index (κ1) is 29.5. The van der Waals surface area contributed by atoms with Gasteiger partial charge in [-0.3, -0.25) is 9.80 Å². The number of methoxy groups -OCH3 is 1. The summed E-state index contributed by atoms with van der Waals surface area (Å²) in [4.78, 5) is 4.79. The number of benzene rings is 3. The summed E-state index contributed by atoms with van der Waals surface area (Å²) >= 11 is 0. The van der Waals surface area contributed by atoms with Crippen LogP contribution in [0.4, 0.5) is 26.3 Å². The van der Waals surface area contributed by atoms with Crippen molar-refractivity contribution in [2.75, 3.05) is 26.7 Å². The van der Waals surface area contributed by atoms with E-state index >= 15 is 0 Å². The smallest absolute Gasteiger partial charge is 0.416 e. The molecule has 0 saturated carbocycles. The molecule has 0 aromatic heterocycles. The summed E-state index contributed by atoms with van der Waals surface area (Å²) in [5.74, 6) is 0.628. The van der Waals surface area contributed by atoms with Crippen LogP contribution < -0.4 is 4.74 Å². The van der Waals surface area contributed by atoms with Crippen molar-refractivity contribution < 1.29 is 31.1 Å². The van der Waals surface area contributed by atoms with Crippen LogP contribution >= 0.6 is 0 Å². The van der Waals surface area contributed by atoms with Gasteiger partial charge in [-0.1, -0.05) is 42.5 Å². The average molecular weight is 576 g/mol. The first-order valence-corrected chi connectivity index (χ1v) is 13.8. The van der Waals surface area contributed by atoms with Crippen molar-refractivity contribution in [3.63, 3.8) is 0 Å². The Morgan fingerprint density at radius 1 is 0.829 bits per heavy atom. The second-order valence-electron chi connectivity index (χ2n) is 10.8. The van der Waals surface area contributed by atoms with Crippen LogP contribution in [0.3, 0.4) is 0 Å². The molecule has 0 spiro atoms. The van der Waals surface area contributed by atoms with Gasteiger partial charge in [-0.2, -0.15) is 26.3 Å². The zero-order valence-electron chi connectivity index (χ0n) is 22.8. The largest absolute Gasteiger partial charge is 0.496 e. The predicted molar refractivity (Wildman–Crippen MR) is 145 cm³/mol. The molecule has 1 saturated heterocycles. The fourth-order valence-electron chi connectivity index (χ4n) is 6.13. The minimum absolute atomic E-state index is 0.0334. The zero-order valence-corrected chi connectivity index (χ0v) is 22.8. The van der Waals surface area contributed by atoms with Crippen molar-refractivity contribution in [2.45, 2.75) is 56.7 Å². The van der Waals surface area contributed by atoms with Crippen LogP contribution in [0.2, 0.25) is 0 Å². The third-order valence-corrected chi connectivity index (χ3v) is 8.25. The molecule has 3 aromatic rings. The molecule has 0 bridgehead atoms. The van der Waals surface area contributed by atoms with Crippen molar-refractivity contribution in [1.29, 1.82) is 0 Å². The second-order valence-corrected chi connectivity index (χ2v) is 10.8. The van der Waals surface area contributed by atoms with Gasteiger partial charge in [0.2, 0.25) is 0 Å². The number of piperidine rings is 1. The molecule has 2 heterocycles. The highest BCUT2D eigenvalue weighted by molar-refractivity contribution is 5.39. The van der Waals surface area contributed by atoms with Crippen LogP contribution in [0.5, 0.6) is 5.75 Å². The molecular formula is C32H33F6N2O. The normalized spacial score (nSPS) is 18.2. The van der Waals surface area contributed by atoms with E-state index in [-0.39, 0.29) is 24.1 Å². The zero-order chi connectivity index (χ0) is 29.2. The van der Waals surface area contributed by atoms with Gasteiger partial charge in [0, 0.05) is 43.8 Å². The van der Waals surface area contributed by atoms with Gasteiger partial charge in [-0.15, -0.1) is 0 Å². The van der Waals surface area contributed by atoms with Gasteiger partial charge in [0.05, 0.1) is 18.2 Å². The summed E-state index contributed by atoms with van der Waals surface area (Å²) in [5.41, 5.74) is 0.968. The Morgan fingerprint density at radius 3 is 2.07 bits per heavy atom. The van der Waals surface area contributed by atoms with E-state index < -0.39 is 23.5 Å². The van der Waals surface area contributed by atoms with E-state index in [1.807, 2.05) is 30.7 Å². The molecule has 41 heavy (non-hydrogen) atoms. The Labute approximate surface area is 236 Å². The number of hydrogen-bond donors (Lipinski definition) is 0. The van der Waals surface area contributed by atoms with Gasteiger partial charge in [-0.25, -0.2) is 0 Å². The molecule has 9 heteroatoms. The molecule has 0 amide bonds. The minimum Gasteiger partial charge on any atom is -0.496 e. The quantitative estimate of drug-likeness (QED) is 0.268. The molecular weight excluding hydrogens is 542 g/mol. The van der Waals surface area contributed by atoms with Crippen molar-refractivity contribution in [3.05, 3.63) is 107 Å². The van der Waals surface area contributed by atoms with Gasteiger partial charge < -0.3 is 4.74 Å². The summed E-state index contributed by atoms with van der Waals surface area (Å²) < 4.78 is 86.3. The van der Waals surface area contributed by atoms with E-state index in [2.05, 4.69) is 34.1 Å². The van der Waals surface area contributed by atoms with Crippen molar-refractivity contribution >= 4 is 0 Å². The Hall–Kier alpha value is -3.04. The first-order valence-electron chi connectivity index (χ1n) is 13.8. The standard InChI is InChI=1S/C32H33F6N2O/c1-41-30-9-5-4-8-28(30)29(11-10-22-18-25(31(33,34)35)20-26(19-22)32(36,37)38)39-16-13-27(14-17-39)40-15-12-23-6-2-3-7-24(23)21-40/h2-9,11,18-20,27,29H,10,12-17,21H2,1H3. The molecule has 1 fully saturated rings. The molecule has 2 aliphatic rings. The third-order valence-electron chi connectivity index (χ3n) is 8.25. The number of likely N-dealkylation sites (tertiary alicyclic amines) is 1. The van der Waals surface area contributed by atoms with Crippen molar-refractivity contribution in [3.8, 4) is 5.75 Å². The van der Waals surface area contributed by atoms with Crippen LogP contribution in [0.25, 0.3) is 0 Å². The van der Waals surface area contributed by atoms with Gasteiger partial charge in [0.15, 0.2) is 0 Å². The minimum atomic E-state index is -4.88. The van der Waals surface area contributed by atoms with Crippen LogP contribution in [-0.2, 0) is 31.7 Å². The van der Waals surface area contributed by atoms with E-state index in [1.165, 1.54) is 11.1 Å². The van der Waals surface area contributed by atoms with Crippen molar-refractivity contribution in [1.82, 2.24) is 9.80 Å². The number of halogens is 6. The van der Waals surface area contributed by atoms with Crippen LogP contribution in [0.1, 0.15) is 52.3 Å². The third kappa shape index (κ3) is 6.89. The number of para-hydroxylation sites is 1. The fourth-order valence-corrected chi connectivity index (χ4v) is 6.13. The van der Waals surface area contributed by atoms with Crippen LogP contribution in [0, 0.1) is 6.42 Å². The summed E-state index contributed by atoms with van der Waals surface area (Å²) in [6.45, 7) is 3.41. The van der Waals surface area contributed by atoms with E-state index in [4.69, 9.17) is 4.74 Å². The molecule has 0 N–H and O–H groups in total. The number of fused-ring (bicyclic) bond motifs is 1. The number of alkyl halides is 6. The second kappa shape index (κ2) is 12.1. The molecule has 2 aliphatic heterocycles. The Balaban J connectivity index is 1.34. The lowest BCUT2D eigenvalue weighted by atomic mass is 9.91. The number of nitrogens with zero attached hydrogens (tertiary/aromatic N) is 2. The molecule has 3 aromatic carbocycles. The summed E-state index contributed by atoms with van der Waals surface area (Å²) in [5, 5.41) is 0. The predicted octanol–water partition coefficient (Wildman–Crippen LogP) is 7.74. The fraction of sp³-hybridized carbons (Fsp3) is 0.406. The van der Waals surface area contributed by atoms with Gasteiger partial charge >= 0.3 is 12.4 Å². The molecule has 219 valence electrons. The van der Waals surface area contributed by atoms with E-state index in [9.17, 15) is 26.3 Å².